The molecule has 0 unspecified atom stereocenters. The normalized spacial score (nSPS) is 12.1. The molecule has 0 aliphatic heterocycles. The van der Waals surface area contributed by atoms with E-state index in [1.807, 2.05) is 11.3 Å². The molecular weight excluding hydrogens is 335 g/mol. The van der Waals surface area contributed by atoms with Crippen LogP contribution in [-0.2, 0) is 5.41 Å². The van der Waals surface area contributed by atoms with E-state index in [2.05, 4.69) is 64.7 Å². The highest BCUT2D eigenvalue weighted by Gasteiger charge is 2.20. The van der Waals surface area contributed by atoms with Gasteiger partial charge in [-0.1, -0.05) is 20.8 Å². The zero-order valence-electron chi connectivity index (χ0n) is 6.74. The van der Waals surface area contributed by atoms with E-state index in [0.717, 1.165) is 0 Å². The maximum absolute atomic E-state index is 3.59. The number of halogens is 2. The summed E-state index contributed by atoms with van der Waals surface area (Å²) in [6.45, 7) is 6.71. The highest BCUT2D eigenvalue weighted by molar-refractivity contribution is 14.1. The van der Waals surface area contributed by atoms with Gasteiger partial charge in [0, 0.05) is 18.3 Å². The van der Waals surface area contributed by atoms with Crippen molar-refractivity contribution in [1.82, 2.24) is 0 Å². The molecule has 0 nitrogen and oxygen atoms in total. The molecule has 0 radical (unpaired) electrons. The van der Waals surface area contributed by atoms with Gasteiger partial charge in [0.25, 0.3) is 0 Å². The van der Waals surface area contributed by atoms with E-state index in [9.17, 15) is 0 Å². The van der Waals surface area contributed by atoms with Gasteiger partial charge in [-0.05, 0) is 43.9 Å². The van der Waals surface area contributed by atoms with E-state index in [-0.39, 0.29) is 5.41 Å². The van der Waals surface area contributed by atoms with Crippen LogP contribution in [0.25, 0.3) is 0 Å². The molecule has 0 spiro atoms. The van der Waals surface area contributed by atoms with Crippen LogP contribution in [0.3, 0.4) is 0 Å². The molecule has 1 rings (SSSR count). The molecule has 0 saturated carbocycles. The van der Waals surface area contributed by atoms with Crippen molar-refractivity contribution in [2.75, 3.05) is 0 Å². The molecule has 0 bridgehead atoms. The summed E-state index contributed by atoms with van der Waals surface area (Å²) in [6.07, 6.45) is 0. The summed E-state index contributed by atoms with van der Waals surface area (Å²) in [4.78, 5) is 1.43. The summed E-state index contributed by atoms with van der Waals surface area (Å²) in [5, 5.41) is 2.19. The van der Waals surface area contributed by atoms with Gasteiger partial charge in [0.2, 0.25) is 0 Å². The van der Waals surface area contributed by atoms with Gasteiger partial charge in [0.15, 0.2) is 0 Å². The zero-order valence-corrected chi connectivity index (χ0v) is 11.3. The fourth-order valence-electron chi connectivity index (χ4n) is 0.829. The van der Waals surface area contributed by atoms with Crippen molar-refractivity contribution in [2.24, 2.45) is 0 Å². The minimum Gasteiger partial charge on any atom is -0.146 e. The van der Waals surface area contributed by atoms with Gasteiger partial charge < -0.3 is 0 Å². The van der Waals surface area contributed by atoms with Crippen LogP contribution in [0, 0.1) is 3.57 Å². The Labute approximate surface area is 93.7 Å². The molecule has 1 aromatic rings. The fraction of sp³-hybridized carbons (Fsp3) is 0.500. The lowest BCUT2D eigenvalue weighted by molar-refractivity contribution is 0.601. The third-order valence-corrected chi connectivity index (χ3v) is 5.88. The second-order valence-corrected chi connectivity index (χ2v) is 6.31. The second kappa shape index (κ2) is 3.34. The van der Waals surface area contributed by atoms with Crippen LogP contribution in [0.5, 0.6) is 0 Å². The quantitative estimate of drug-likeness (QED) is 0.611. The fourth-order valence-corrected chi connectivity index (χ4v) is 3.71. The third-order valence-electron chi connectivity index (χ3n) is 1.37. The van der Waals surface area contributed by atoms with Gasteiger partial charge in [-0.3, -0.25) is 0 Å². The number of thiophene rings is 1. The first kappa shape index (κ1) is 9.99. The Morgan fingerprint density at radius 2 is 2.00 bits per heavy atom. The maximum Gasteiger partial charge on any atom is 0.0453 e. The van der Waals surface area contributed by atoms with Gasteiger partial charge >= 0.3 is 0 Å². The smallest absolute Gasteiger partial charge is 0.0453 e. The first-order valence-electron chi connectivity index (χ1n) is 3.36. The second-order valence-electron chi connectivity index (χ2n) is 3.48. The summed E-state index contributed by atoms with van der Waals surface area (Å²) in [7, 11) is 0. The Morgan fingerprint density at radius 3 is 2.18 bits per heavy atom. The molecule has 0 saturated heterocycles. The Kier molecular flexibility index (Phi) is 3.03. The van der Waals surface area contributed by atoms with Crippen molar-refractivity contribution in [3.8, 4) is 0 Å². The Bertz CT molecular complexity index is 260. The molecule has 0 fully saturated rings. The van der Waals surface area contributed by atoms with E-state index in [0.29, 0.717) is 0 Å². The van der Waals surface area contributed by atoms with Crippen LogP contribution in [-0.4, -0.2) is 0 Å². The lowest BCUT2D eigenvalue weighted by Gasteiger charge is -2.16. The molecule has 0 atom stereocenters. The average molecular weight is 345 g/mol. The molecule has 0 aliphatic carbocycles. The molecule has 3 heteroatoms. The lowest BCUT2D eigenvalue weighted by Crippen LogP contribution is -2.09. The van der Waals surface area contributed by atoms with Crippen LogP contribution < -0.4 is 0 Å². The van der Waals surface area contributed by atoms with Crippen molar-refractivity contribution in [3.05, 3.63) is 18.3 Å². The molecule has 1 aromatic heterocycles. The van der Waals surface area contributed by atoms with Crippen molar-refractivity contribution >= 4 is 49.9 Å². The third kappa shape index (κ3) is 2.18. The van der Waals surface area contributed by atoms with Gasteiger partial charge in [-0.2, -0.15) is 0 Å². The van der Waals surface area contributed by atoms with Crippen molar-refractivity contribution < 1.29 is 0 Å². The Morgan fingerprint density at radius 1 is 1.45 bits per heavy atom. The monoisotopic (exact) mass is 344 g/mol. The zero-order chi connectivity index (χ0) is 8.65. The van der Waals surface area contributed by atoms with E-state index >= 15 is 0 Å². The summed E-state index contributed by atoms with van der Waals surface area (Å²) in [5.74, 6) is 0. The van der Waals surface area contributed by atoms with Crippen molar-refractivity contribution in [3.63, 3.8) is 0 Å². The predicted octanol–water partition coefficient (Wildman–Crippen LogP) is 4.41. The summed E-state index contributed by atoms with van der Waals surface area (Å²) >= 11 is 7.77. The highest BCUT2D eigenvalue weighted by Crippen LogP contribution is 2.37. The number of hydrogen-bond acceptors (Lipinski definition) is 1. The van der Waals surface area contributed by atoms with Gasteiger partial charge in [0.1, 0.15) is 0 Å². The number of hydrogen-bond donors (Lipinski definition) is 0. The molecule has 11 heavy (non-hydrogen) atoms. The molecule has 62 valence electrons. The maximum atomic E-state index is 3.59. The van der Waals surface area contributed by atoms with E-state index in [1.54, 1.807) is 0 Å². The lowest BCUT2D eigenvalue weighted by atomic mass is 9.95. The molecule has 0 aliphatic rings. The molecular formula is C8H10BrIS. The van der Waals surface area contributed by atoms with Crippen LogP contribution in [0.1, 0.15) is 25.6 Å². The molecule has 0 aromatic carbocycles. The average Bonchev–Trinajstić information content (AvgIpc) is 2.11. The van der Waals surface area contributed by atoms with Crippen molar-refractivity contribution in [1.29, 1.82) is 0 Å². The predicted molar refractivity (Wildman–Crippen MR) is 63.4 cm³/mol. The van der Waals surface area contributed by atoms with Gasteiger partial charge in [-0.15, -0.1) is 11.3 Å². The highest BCUT2D eigenvalue weighted by atomic mass is 127. The SMILES string of the molecule is CC(C)(C)c1scc(I)c1Br. The summed E-state index contributed by atoms with van der Waals surface area (Å²) in [5.41, 5.74) is 0.271. The summed E-state index contributed by atoms with van der Waals surface area (Å²) in [6, 6.07) is 0. The van der Waals surface area contributed by atoms with Crippen molar-refractivity contribution in [2.45, 2.75) is 26.2 Å². The van der Waals surface area contributed by atoms with Crippen LogP contribution >= 0.6 is 49.9 Å². The minimum atomic E-state index is 0.271. The van der Waals surface area contributed by atoms with E-state index in [1.165, 1.54) is 12.9 Å². The van der Waals surface area contributed by atoms with E-state index < -0.39 is 0 Å². The standard InChI is InChI=1S/C8H10BrIS/c1-8(2,3)7-6(9)5(10)4-11-7/h4H,1-3H3. The first-order chi connectivity index (χ1) is 4.93. The minimum absolute atomic E-state index is 0.271. The van der Waals surface area contributed by atoms with Crippen LogP contribution in [0.4, 0.5) is 0 Å². The first-order valence-corrected chi connectivity index (χ1v) is 6.11. The Balaban J connectivity index is 3.15. The summed E-state index contributed by atoms with van der Waals surface area (Å²) < 4.78 is 2.59. The Hall–Kier alpha value is 0.910. The topological polar surface area (TPSA) is 0 Å². The van der Waals surface area contributed by atoms with Gasteiger partial charge in [-0.25, -0.2) is 0 Å². The number of rotatable bonds is 0. The molecule has 0 amide bonds. The molecule has 0 N–H and O–H groups in total. The largest absolute Gasteiger partial charge is 0.146 e. The van der Waals surface area contributed by atoms with Gasteiger partial charge in [0.05, 0.1) is 0 Å². The molecule has 1 heterocycles. The van der Waals surface area contributed by atoms with Crippen LogP contribution in [0.15, 0.2) is 9.85 Å². The van der Waals surface area contributed by atoms with E-state index in [4.69, 9.17) is 0 Å². The van der Waals surface area contributed by atoms with Crippen LogP contribution in [0.2, 0.25) is 0 Å².